The number of rotatable bonds is 5. The summed E-state index contributed by atoms with van der Waals surface area (Å²) in [5, 5.41) is 9.14. The molecule has 1 aromatic carbocycles. The zero-order chi connectivity index (χ0) is 11.1. The summed E-state index contributed by atoms with van der Waals surface area (Å²) in [6.45, 7) is 4.92. The average Bonchev–Trinajstić information content (AvgIpc) is 2.25. The number of halogens is 1. The monoisotopic (exact) mass is 220 g/mol. The Morgan fingerprint density at radius 2 is 2.07 bits per heavy atom. The van der Waals surface area contributed by atoms with Crippen molar-refractivity contribution in [3.05, 3.63) is 41.9 Å². The van der Waals surface area contributed by atoms with Gasteiger partial charge in [0.2, 0.25) is 0 Å². The molecule has 0 aliphatic heterocycles. The van der Waals surface area contributed by atoms with Crippen molar-refractivity contribution in [2.24, 2.45) is 0 Å². The van der Waals surface area contributed by atoms with Gasteiger partial charge in [-0.25, -0.2) is 0 Å². The fraction of sp³-hybridized carbons (Fsp3) is 0.250. The third-order valence-corrected chi connectivity index (χ3v) is 2.10. The summed E-state index contributed by atoms with van der Waals surface area (Å²) in [5.41, 5.74) is 1.06. The fourth-order valence-corrected chi connectivity index (χ4v) is 1.47. The first-order chi connectivity index (χ1) is 7.24. The SMILES string of the molecule is C=C(Cl)CN(CCC#N)c1ccccc1. The van der Waals surface area contributed by atoms with Gasteiger partial charge in [-0.15, -0.1) is 0 Å². The summed E-state index contributed by atoms with van der Waals surface area (Å²) in [6.07, 6.45) is 0.485. The van der Waals surface area contributed by atoms with Gasteiger partial charge in [-0.3, -0.25) is 0 Å². The molecule has 0 aliphatic rings. The maximum absolute atomic E-state index is 8.56. The predicted octanol–water partition coefficient (Wildman–Crippen LogP) is 3.16. The maximum atomic E-state index is 8.56. The molecule has 78 valence electrons. The van der Waals surface area contributed by atoms with Crippen LogP contribution in [-0.4, -0.2) is 13.1 Å². The summed E-state index contributed by atoms with van der Waals surface area (Å²) >= 11 is 5.78. The standard InChI is InChI=1S/C12H13ClN2/c1-11(13)10-15(9-5-8-14)12-6-3-2-4-7-12/h2-4,6-7H,1,5,9-10H2. The van der Waals surface area contributed by atoms with E-state index in [1.54, 1.807) is 0 Å². The van der Waals surface area contributed by atoms with E-state index in [1.807, 2.05) is 35.2 Å². The Morgan fingerprint density at radius 3 is 2.60 bits per heavy atom. The van der Waals surface area contributed by atoms with Gasteiger partial charge in [0.25, 0.3) is 0 Å². The molecule has 0 aliphatic carbocycles. The normalized spacial score (nSPS) is 9.33. The highest BCUT2D eigenvalue weighted by atomic mass is 35.5. The summed E-state index contributed by atoms with van der Waals surface area (Å²) in [4.78, 5) is 2.04. The minimum atomic E-state index is 0.485. The number of nitriles is 1. The number of hydrogen-bond donors (Lipinski definition) is 0. The first-order valence-electron chi connectivity index (χ1n) is 4.74. The molecule has 0 spiro atoms. The van der Waals surface area contributed by atoms with Crippen molar-refractivity contribution < 1.29 is 0 Å². The van der Waals surface area contributed by atoms with Crippen molar-refractivity contribution in [3.63, 3.8) is 0 Å². The van der Waals surface area contributed by atoms with Gasteiger partial charge in [-0.2, -0.15) is 5.26 Å². The molecule has 0 aromatic heterocycles. The topological polar surface area (TPSA) is 27.0 Å². The highest BCUT2D eigenvalue weighted by Crippen LogP contribution is 2.15. The molecule has 0 unspecified atom stereocenters. The molecule has 2 nitrogen and oxygen atoms in total. The minimum absolute atomic E-state index is 0.485. The molecule has 0 bridgehead atoms. The summed E-state index contributed by atoms with van der Waals surface area (Å²) in [5.74, 6) is 0. The Balaban J connectivity index is 2.72. The van der Waals surface area contributed by atoms with Gasteiger partial charge in [0, 0.05) is 17.3 Å². The van der Waals surface area contributed by atoms with Gasteiger partial charge in [-0.05, 0) is 12.1 Å². The third-order valence-electron chi connectivity index (χ3n) is 1.98. The summed E-state index contributed by atoms with van der Waals surface area (Å²) < 4.78 is 0. The van der Waals surface area contributed by atoms with Crippen molar-refractivity contribution in [1.82, 2.24) is 0 Å². The van der Waals surface area contributed by atoms with Gasteiger partial charge >= 0.3 is 0 Å². The van der Waals surface area contributed by atoms with Crippen molar-refractivity contribution in [2.45, 2.75) is 6.42 Å². The summed E-state index contributed by atoms with van der Waals surface area (Å²) in [6, 6.07) is 12.0. The van der Waals surface area contributed by atoms with Crippen LogP contribution in [0.1, 0.15) is 6.42 Å². The van der Waals surface area contributed by atoms with E-state index in [1.165, 1.54) is 0 Å². The molecule has 0 amide bonds. The number of nitrogens with zero attached hydrogens (tertiary/aromatic N) is 2. The lowest BCUT2D eigenvalue weighted by atomic mass is 10.2. The van der Waals surface area contributed by atoms with Crippen LogP contribution in [0.4, 0.5) is 5.69 Å². The Kier molecular flexibility index (Phi) is 4.73. The Morgan fingerprint density at radius 1 is 1.40 bits per heavy atom. The van der Waals surface area contributed by atoms with E-state index in [2.05, 4.69) is 12.6 Å². The maximum Gasteiger partial charge on any atom is 0.0640 e. The van der Waals surface area contributed by atoms with Crippen LogP contribution in [0, 0.1) is 11.3 Å². The molecule has 0 radical (unpaired) electrons. The van der Waals surface area contributed by atoms with Crippen LogP contribution in [0.15, 0.2) is 41.9 Å². The molecule has 1 rings (SSSR count). The van der Waals surface area contributed by atoms with Gasteiger partial charge in [-0.1, -0.05) is 36.4 Å². The molecule has 0 saturated carbocycles. The Labute approximate surface area is 95.4 Å². The number of hydrogen-bond acceptors (Lipinski definition) is 2. The Hall–Kier alpha value is -1.46. The highest BCUT2D eigenvalue weighted by molar-refractivity contribution is 6.29. The molecule has 0 N–H and O–H groups in total. The second-order valence-corrected chi connectivity index (χ2v) is 3.72. The number of anilines is 1. The highest BCUT2D eigenvalue weighted by Gasteiger charge is 2.05. The molecule has 0 heterocycles. The number of benzene rings is 1. The van der Waals surface area contributed by atoms with Gasteiger partial charge in [0.05, 0.1) is 19.0 Å². The quantitative estimate of drug-likeness (QED) is 0.762. The van der Waals surface area contributed by atoms with E-state index < -0.39 is 0 Å². The van der Waals surface area contributed by atoms with Gasteiger partial charge < -0.3 is 4.90 Å². The van der Waals surface area contributed by atoms with Crippen LogP contribution in [0.3, 0.4) is 0 Å². The predicted molar refractivity (Wildman–Crippen MR) is 63.9 cm³/mol. The van der Waals surface area contributed by atoms with Crippen LogP contribution in [0.25, 0.3) is 0 Å². The van der Waals surface area contributed by atoms with Crippen LogP contribution >= 0.6 is 11.6 Å². The van der Waals surface area contributed by atoms with Crippen LogP contribution in [0.5, 0.6) is 0 Å². The van der Waals surface area contributed by atoms with Gasteiger partial charge in [0.1, 0.15) is 0 Å². The zero-order valence-electron chi connectivity index (χ0n) is 8.49. The molecular weight excluding hydrogens is 208 g/mol. The van der Waals surface area contributed by atoms with Crippen molar-refractivity contribution >= 4 is 17.3 Å². The molecule has 3 heteroatoms. The second kappa shape index (κ2) is 6.10. The molecule has 0 saturated heterocycles. The fourth-order valence-electron chi connectivity index (χ4n) is 1.33. The largest absolute Gasteiger partial charge is 0.365 e. The van der Waals surface area contributed by atoms with Crippen LogP contribution in [-0.2, 0) is 0 Å². The van der Waals surface area contributed by atoms with E-state index in [0.29, 0.717) is 24.5 Å². The third kappa shape index (κ3) is 4.05. The number of para-hydroxylation sites is 1. The van der Waals surface area contributed by atoms with Crippen molar-refractivity contribution in [3.8, 4) is 6.07 Å². The smallest absolute Gasteiger partial charge is 0.0640 e. The van der Waals surface area contributed by atoms with E-state index in [-0.39, 0.29) is 0 Å². The van der Waals surface area contributed by atoms with Crippen LogP contribution in [0.2, 0.25) is 0 Å². The molecule has 0 atom stereocenters. The lowest BCUT2D eigenvalue weighted by Crippen LogP contribution is -2.25. The van der Waals surface area contributed by atoms with E-state index in [0.717, 1.165) is 5.69 Å². The first-order valence-corrected chi connectivity index (χ1v) is 5.12. The van der Waals surface area contributed by atoms with Crippen molar-refractivity contribution in [1.29, 1.82) is 5.26 Å². The van der Waals surface area contributed by atoms with E-state index in [9.17, 15) is 0 Å². The minimum Gasteiger partial charge on any atom is -0.365 e. The van der Waals surface area contributed by atoms with Crippen molar-refractivity contribution in [2.75, 3.05) is 18.0 Å². The molecular formula is C12H13ClN2. The zero-order valence-corrected chi connectivity index (χ0v) is 9.24. The Bertz CT molecular complexity index is 354. The average molecular weight is 221 g/mol. The second-order valence-electron chi connectivity index (χ2n) is 3.18. The molecule has 0 fully saturated rings. The summed E-state index contributed by atoms with van der Waals surface area (Å²) in [7, 11) is 0. The lowest BCUT2D eigenvalue weighted by Gasteiger charge is -2.23. The molecule has 1 aromatic rings. The van der Waals surface area contributed by atoms with Crippen LogP contribution < -0.4 is 4.90 Å². The van der Waals surface area contributed by atoms with Gasteiger partial charge in [0.15, 0.2) is 0 Å². The van der Waals surface area contributed by atoms with E-state index in [4.69, 9.17) is 16.9 Å². The molecule has 15 heavy (non-hydrogen) atoms. The van der Waals surface area contributed by atoms with E-state index >= 15 is 0 Å². The first kappa shape index (κ1) is 11.6. The lowest BCUT2D eigenvalue weighted by molar-refractivity contribution is 0.854.